The summed E-state index contributed by atoms with van der Waals surface area (Å²) < 4.78 is 0. The van der Waals surface area contributed by atoms with E-state index >= 15 is 0 Å². The molecule has 5 heteroatoms. The van der Waals surface area contributed by atoms with Gasteiger partial charge in [0.25, 0.3) is 0 Å². The third kappa shape index (κ3) is 7.14. The van der Waals surface area contributed by atoms with Crippen LogP contribution in [-0.2, 0) is 33.8 Å². The summed E-state index contributed by atoms with van der Waals surface area (Å²) in [6, 6.07) is 16.5. The standard InChI is InChI=1S/C33H55N2P2.C5H5.Fe/c1-31(2,3)26-18-25(27(19-26)33(36,28-9-7-11-34-28)29-10-8-12-35-29)20-37(32(4,5)6)30-23-14-21-13-22(16-23)17-24(30)15-21;1-2-4-5-3-1;/h18-19,21-24,28-30,34-35H,7-17,20,36H2,1-6H3;1-5H;/q-1;-5;. The smallest absolute Gasteiger partial charge is 0.0194 e. The third-order valence-electron chi connectivity index (χ3n) is 11.9. The van der Waals surface area contributed by atoms with Crippen LogP contribution in [0.1, 0.15) is 116 Å². The second-order valence-corrected chi connectivity index (χ2v) is 21.0. The molecule has 2 aliphatic heterocycles. The molecule has 2 heterocycles. The Morgan fingerprint density at radius 1 is 0.814 bits per heavy atom. The Bertz CT molecular complexity index is 1080. The van der Waals surface area contributed by atoms with Gasteiger partial charge in [-0.1, -0.05) is 53.1 Å². The second kappa shape index (κ2) is 13.6. The molecular weight excluding hydrogens is 602 g/mol. The molecule has 6 aliphatic rings. The topological polar surface area (TPSA) is 24.1 Å². The number of rotatable bonds is 6. The molecule has 0 spiro atoms. The average molecular weight is 663 g/mol. The maximum Gasteiger partial charge on any atom is 0.0194 e. The van der Waals surface area contributed by atoms with E-state index in [0.29, 0.717) is 17.2 Å². The van der Waals surface area contributed by atoms with Gasteiger partial charge in [-0.05, 0) is 105 Å². The van der Waals surface area contributed by atoms with E-state index in [1.54, 1.807) is 48.8 Å². The summed E-state index contributed by atoms with van der Waals surface area (Å²) >= 11 is 0. The number of nitrogens with one attached hydrogen (secondary N) is 2. The largest absolute Gasteiger partial charge is 0.748 e. The molecule has 43 heavy (non-hydrogen) atoms. The number of hydrogen-bond donors (Lipinski definition) is 2. The molecule has 2 aromatic carbocycles. The molecule has 2 N–H and O–H groups in total. The third-order valence-corrected chi connectivity index (χ3v) is 17.0. The molecule has 2 nitrogen and oxygen atoms in total. The van der Waals surface area contributed by atoms with Crippen LogP contribution >= 0.6 is 17.2 Å². The minimum atomic E-state index is -0.0882. The van der Waals surface area contributed by atoms with Crippen LogP contribution in [0.5, 0.6) is 0 Å². The van der Waals surface area contributed by atoms with Crippen molar-refractivity contribution in [2.45, 2.75) is 139 Å². The van der Waals surface area contributed by atoms with Crippen molar-refractivity contribution in [1.82, 2.24) is 10.6 Å². The first-order chi connectivity index (χ1) is 19.9. The Hall–Kier alpha value is -0.000519. The van der Waals surface area contributed by atoms with Crippen LogP contribution in [0, 0.1) is 23.7 Å². The van der Waals surface area contributed by atoms with Crippen LogP contribution in [0.25, 0.3) is 0 Å². The first-order valence-corrected chi connectivity index (χ1v) is 19.6. The van der Waals surface area contributed by atoms with Gasteiger partial charge in [0, 0.05) is 34.3 Å². The first-order valence-electron chi connectivity index (χ1n) is 17.4. The zero-order valence-electron chi connectivity index (χ0n) is 27.9. The zero-order chi connectivity index (χ0) is 29.7. The van der Waals surface area contributed by atoms with E-state index in [1.807, 2.05) is 30.3 Å². The van der Waals surface area contributed by atoms with E-state index in [2.05, 4.69) is 73.5 Å². The summed E-state index contributed by atoms with van der Waals surface area (Å²) in [5, 5.41) is 8.46. The van der Waals surface area contributed by atoms with Gasteiger partial charge < -0.3 is 41.0 Å². The Morgan fingerprint density at radius 2 is 1.30 bits per heavy atom. The molecule has 4 saturated carbocycles. The van der Waals surface area contributed by atoms with E-state index in [-0.39, 0.29) is 35.6 Å². The molecule has 0 radical (unpaired) electrons. The SMILES string of the molecule is CC(C)(C)c1cc(C(P)(C2CCCN2)C2CCCN2)[c-](CP(C2C3CC4CC(C3)CC2C4)C(C)(C)C)c1.[Fe].[cH-]1[cH-][cH-][cH-][cH-]1. The maximum atomic E-state index is 3.98. The molecule has 246 valence electrons. The van der Waals surface area contributed by atoms with Gasteiger partial charge in [0.2, 0.25) is 0 Å². The van der Waals surface area contributed by atoms with E-state index < -0.39 is 0 Å². The van der Waals surface area contributed by atoms with Crippen LogP contribution in [-0.4, -0.2) is 36.0 Å². The summed E-state index contributed by atoms with van der Waals surface area (Å²) in [5.74, 6) is 4.19. The molecule has 4 unspecified atom stereocenters. The summed E-state index contributed by atoms with van der Waals surface area (Å²) in [7, 11) is 3.41. The van der Waals surface area contributed by atoms with E-state index in [0.717, 1.165) is 29.3 Å². The van der Waals surface area contributed by atoms with Gasteiger partial charge in [-0.2, -0.15) is 17.2 Å². The van der Waals surface area contributed by atoms with E-state index in [4.69, 9.17) is 0 Å². The fraction of sp³-hybridized carbons (Fsp3) is 0.737. The number of hydrogen-bond acceptors (Lipinski definition) is 2. The summed E-state index contributed by atoms with van der Waals surface area (Å²) in [6.45, 7) is 17.4. The second-order valence-electron chi connectivity index (χ2n) is 16.8. The molecule has 4 atom stereocenters. The molecule has 0 amide bonds. The van der Waals surface area contributed by atoms with Gasteiger partial charge in [0.15, 0.2) is 0 Å². The Kier molecular flexibility index (Phi) is 10.9. The fourth-order valence-corrected chi connectivity index (χ4v) is 14.6. The van der Waals surface area contributed by atoms with Gasteiger partial charge in [-0.3, -0.25) is 0 Å². The predicted octanol–water partition coefficient (Wildman–Crippen LogP) is 9.29. The van der Waals surface area contributed by atoms with Crippen LogP contribution in [0.3, 0.4) is 0 Å². The Balaban J connectivity index is 0.000000559. The summed E-state index contributed by atoms with van der Waals surface area (Å²) in [4.78, 5) is 0. The van der Waals surface area contributed by atoms with Gasteiger partial charge in [-0.15, -0.1) is 22.7 Å². The molecule has 2 aromatic rings. The van der Waals surface area contributed by atoms with Crippen molar-refractivity contribution in [3.63, 3.8) is 0 Å². The molecule has 2 saturated heterocycles. The monoisotopic (exact) mass is 662 g/mol. The quantitative estimate of drug-likeness (QED) is 0.183. The zero-order valence-corrected chi connectivity index (χ0v) is 31.1. The van der Waals surface area contributed by atoms with Gasteiger partial charge in [0.05, 0.1) is 0 Å². The van der Waals surface area contributed by atoms with E-state index in [9.17, 15) is 0 Å². The summed E-state index contributed by atoms with van der Waals surface area (Å²) in [5.41, 5.74) is 6.16. The maximum absolute atomic E-state index is 3.98. The van der Waals surface area contributed by atoms with Crippen LogP contribution < -0.4 is 10.6 Å². The Morgan fingerprint density at radius 3 is 1.70 bits per heavy atom. The van der Waals surface area contributed by atoms with Crippen molar-refractivity contribution in [2.75, 3.05) is 13.1 Å². The normalized spacial score (nSPS) is 33.9. The summed E-state index contributed by atoms with van der Waals surface area (Å²) in [6.07, 6.45) is 14.4. The van der Waals surface area contributed by atoms with Gasteiger partial charge in [0.1, 0.15) is 0 Å². The van der Waals surface area contributed by atoms with E-state index in [1.165, 1.54) is 44.9 Å². The van der Waals surface area contributed by atoms with Crippen LogP contribution in [0.2, 0.25) is 0 Å². The van der Waals surface area contributed by atoms with Crippen molar-refractivity contribution < 1.29 is 17.1 Å². The molecule has 6 fully saturated rings. The first kappa shape index (κ1) is 34.3. The minimum Gasteiger partial charge on any atom is -0.748 e. The molecular formula is C38H60FeN2P2-6. The van der Waals surface area contributed by atoms with Crippen molar-refractivity contribution in [2.24, 2.45) is 23.7 Å². The van der Waals surface area contributed by atoms with Crippen LogP contribution in [0.4, 0.5) is 0 Å². The van der Waals surface area contributed by atoms with Gasteiger partial charge in [-0.25, -0.2) is 6.07 Å². The van der Waals surface area contributed by atoms with Crippen molar-refractivity contribution in [3.05, 3.63) is 59.2 Å². The van der Waals surface area contributed by atoms with Crippen molar-refractivity contribution in [3.8, 4) is 0 Å². The molecule has 8 rings (SSSR count). The van der Waals surface area contributed by atoms with Crippen LogP contribution in [0.15, 0.2) is 42.5 Å². The molecule has 4 bridgehead atoms. The molecule has 0 aromatic heterocycles. The van der Waals surface area contributed by atoms with Gasteiger partial charge >= 0.3 is 0 Å². The average Bonchev–Trinajstić information content (AvgIpc) is 3.75. The molecule has 4 aliphatic carbocycles. The fourth-order valence-electron chi connectivity index (χ4n) is 10.0. The van der Waals surface area contributed by atoms with Crippen molar-refractivity contribution in [1.29, 1.82) is 0 Å². The minimum absolute atomic E-state index is 0. The Labute approximate surface area is 278 Å². The predicted molar refractivity (Wildman–Crippen MR) is 187 cm³/mol. The van der Waals surface area contributed by atoms with Crippen molar-refractivity contribution >= 4 is 17.2 Å².